The van der Waals surface area contributed by atoms with Crippen molar-refractivity contribution in [2.24, 2.45) is 0 Å². The summed E-state index contributed by atoms with van der Waals surface area (Å²) in [4.78, 5) is 16.2. The molecule has 3 rings (SSSR count). The maximum Gasteiger partial charge on any atom is 0.248 e. The first-order valence-electron chi connectivity index (χ1n) is 6.35. The van der Waals surface area contributed by atoms with Gasteiger partial charge in [0.05, 0.1) is 13.2 Å². The molecule has 0 radical (unpaired) electrons. The Morgan fingerprint density at radius 1 is 1.21 bits per heavy atom. The SMILES string of the molecule is CN1CCOCc2cc(-c3cc[nH]c(=O)c3)ccc21. The number of aromatic nitrogens is 1. The highest BCUT2D eigenvalue weighted by Crippen LogP contribution is 2.28. The second-order valence-electron chi connectivity index (χ2n) is 4.76. The van der Waals surface area contributed by atoms with E-state index in [1.54, 1.807) is 12.3 Å². The van der Waals surface area contributed by atoms with Crippen molar-refractivity contribution < 1.29 is 4.74 Å². The third-order valence-electron chi connectivity index (χ3n) is 3.43. The summed E-state index contributed by atoms with van der Waals surface area (Å²) in [6.45, 7) is 2.26. The van der Waals surface area contributed by atoms with Crippen molar-refractivity contribution in [1.29, 1.82) is 0 Å². The molecule has 0 aliphatic carbocycles. The minimum atomic E-state index is -0.0826. The summed E-state index contributed by atoms with van der Waals surface area (Å²) < 4.78 is 5.60. The lowest BCUT2D eigenvalue weighted by Gasteiger charge is -2.18. The Morgan fingerprint density at radius 2 is 2.05 bits per heavy atom. The van der Waals surface area contributed by atoms with E-state index in [0.717, 1.165) is 29.8 Å². The van der Waals surface area contributed by atoms with E-state index in [9.17, 15) is 4.79 Å². The Balaban J connectivity index is 2.06. The first kappa shape index (κ1) is 12.0. The van der Waals surface area contributed by atoms with Gasteiger partial charge >= 0.3 is 0 Å². The first-order chi connectivity index (χ1) is 9.24. The fourth-order valence-corrected chi connectivity index (χ4v) is 2.38. The molecule has 0 unspecified atom stereocenters. The summed E-state index contributed by atoms with van der Waals surface area (Å²) in [6, 6.07) is 9.77. The van der Waals surface area contributed by atoms with Gasteiger partial charge in [-0.3, -0.25) is 4.79 Å². The van der Waals surface area contributed by atoms with Gasteiger partial charge in [0.25, 0.3) is 0 Å². The fraction of sp³-hybridized carbons (Fsp3) is 0.267. The molecule has 0 spiro atoms. The van der Waals surface area contributed by atoms with E-state index in [-0.39, 0.29) is 5.56 Å². The van der Waals surface area contributed by atoms with Crippen LogP contribution in [0, 0.1) is 0 Å². The Labute approximate surface area is 111 Å². The van der Waals surface area contributed by atoms with Gasteiger partial charge in [0.15, 0.2) is 0 Å². The van der Waals surface area contributed by atoms with Gasteiger partial charge in [0, 0.05) is 37.1 Å². The van der Waals surface area contributed by atoms with Crippen molar-refractivity contribution in [2.75, 3.05) is 25.1 Å². The molecule has 0 bridgehead atoms. The largest absolute Gasteiger partial charge is 0.375 e. The van der Waals surface area contributed by atoms with Gasteiger partial charge in [0.2, 0.25) is 5.56 Å². The zero-order chi connectivity index (χ0) is 13.2. The average Bonchev–Trinajstić information content (AvgIpc) is 2.60. The molecule has 1 aliphatic rings. The number of hydrogen-bond acceptors (Lipinski definition) is 3. The van der Waals surface area contributed by atoms with Gasteiger partial charge in [-0.05, 0) is 29.3 Å². The quantitative estimate of drug-likeness (QED) is 0.849. The summed E-state index contributed by atoms with van der Waals surface area (Å²) in [5.74, 6) is 0. The normalized spacial score (nSPS) is 14.9. The number of benzene rings is 1. The molecule has 98 valence electrons. The average molecular weight is 256 g/mol. The van der Waals surface area contributed by atoms with Gasteiger partial charge in [0.1, 0.15) is 0 Å². The lowest BCUT2D eigenvalue weighted by atomic mass is 10.0. The predicted molar refractivity (Wildman–Crippen MR) is 75.4 cm³/mol. The smallest absolute Gasteiger partial charge is 0.248 e. The van der Waals surface area contributed by atoms with E-state index in [1.807, 2.05) is 6.07 Å². The maximum absolute atomic E-state index is 11.4. The van der Waals surface area contributed by atoms with Crippen LogP contribution in [-0.4, -0.2) is 25.2 Å². The number of H-pyrrole nitrogens is 1. The highest BCUT2D eigenvalue weighted by molar-refractivity contribution is 5.68. The molecule has 1 N–H and O–H groups in total. The number of ether oxygens (including phenoxy) is 1. The summed E-state index contributed by atoms with van der Waals surface area (Å²) in [5.41, 5.74) is 4.26. The molecule has 2 heterocycles. The van der Waals surface area contributed by atoms with E-state index in [1.165, 1.54) is 5.69 Å². The van der Waals surface area contributed by atoms with Crippen LogP contribution in [0.15, 0.2) is 41.3 Å². The minimum absolute atomic E-state index is 0.0826. The first-order valence-corrected chi connectivity index (χ1v) is 6.35. The van der Waals surface area contributed by atoms with E-state index >= 15 is 0 Å². The molecule has 0 fully saturated rings. The molecule has 2 aromatic rings. The van der Waals surface area contributed by atoms with Crippen LogP contribution in [0.2, 0.25) is 0 Å². The van der Waals surface area contributed by atoms with Crippen molar-refractivity contribution in [3.05, 3.63) is 52.4 Å². The van der Waals surface area contributed by atoms with E-state index in [2.05, 4.69) is 35.1 Å². The van der Waals surface area contributed by atoms with Crippen LogP contribution >= 0.6 is 0 Å². The number of likely N-dealkylation sites (N-methyl/N-ethyl adjacent to an activating group) is 1. The number of nitrogens with zero attached hydrogens (tertiary/aromatic N) is 1. The van der Waals surface area contributed by atoms with Crippen LogP contribution in [0.4, 0.5) is 5.69 Å². The van der Waals surface area contributed by atoms with Crippen LogP contribution in [0.3, 0.4) is 0 Å². The van der Waals surface area contributed by atoms with Crippen molar-refractivity contribution in [2.45, 2.75) is 6.61 Å². The topological polar surface area (TPSA) is 45.3 Å². The highest BCUT2D eigenvalue weighted by Gasteiger charge is 2.13. The van der Waals surface area contributed by atoms with E-state index < -0.39 is 0 Å². The van der Waals surface area contributed by atoms with Gasteiger partial charge in [-0.15, -0.1) is 0 Å². The number of nitrogens with one attached hydrogen (secondary N) is 1. The summed E-state index contributed by atoms with van der Waals surface area (Å²) >= 11 is 0. The minimum Gasteiger partial charge on any atom is -0.375 e. The van der Waals surface area contributed by atoms with Gasteiger partial charge in [-0.25, -0.2) is 0 Å². The van der Waals surface area contributed by atoms with Gasteiger partial charge in [-0.1, -0.05) is 6.07 Å². The van der Waals surface area contributed by atoms with Crippen LogP contribution in [0.25, 0.3) is 11.1 Å². The number of anilines is 1. The molecule has 19 heavy (non-hydrogen) atoms. The molecule has 1 aromatic heterocycles. The highest BCUT2D eigenvalue weighted by atomic mass is 16.5. The van der Waals surface area contributed by atoms with Gasteiger partial charge in [-0.2, -0.15) is 0 Å². The summed E-state index contributed by atoms with van der Waals surface area (Å²) in [5, 5.41) is 0. The molecule has 4 heteroatoms. The van der Waals surface area contributed by atoms with Crippen molar-refractivity contribution in [3.63, 3.8) is 0 Å². The lowest BCUT2D eigenvalue weighted by Crippen LogP contribution is -2.20. The van der Waals surface area contributed by atoms with Crippen LogP contribution < -0.4 is 10.5 Å². The molecule has 1 aliphatic heterocycles. The second kappa shape index (κ2) is 4.90. The van der Waals surface area contributed by atoms with Crippen molar-refractivity contribution in [1.82, 2.24) is 4.98 Å². The fourth-order valence-electron chi connectivity index (χ4n) is 2.38. The summed E-state index contributed by atoms with van der Waals surface area (Å²) in [7, 11) is 2.07. The zero-order valence-electron chi connectivity index (χ0n) is 10.8. The Morgan fingerprint density at radius 3 is 2.89 bits per heavy atom. The molecule has 0 amide bonds. The molecular weight excluding hydrogens is 240 g/mol. The molecule has 0 atom stereocenters. The molecular formula is C15H16N2O2. The number of hydrogen-bond donors (Lipinski definition) is 1. The van der Waals surface area contributed by atoms with Crippen molar-refractivity contribution >= 4 is 5.69 Å². The number of fused-ring (bicyclic) bond motifs is 1. The van der Waals surface area contributed by atoms with Crippen molar-refractivity contribution in [3.8, 4) is 11.1 Å². The Hall–Kier alpha value is -2.07. The van der Waals surface area contributed by atoms with Crippen LogP contribution in [0.5, 0.6) is 0 Å². The third kappa shape index (κ3) is 2.39. The van der Waals surface area contributed by atoms with Gasteiger partial charge < -0.3 is 14.6 Å². The Kier molecular flexibility index (Phi) is 3.09. The monoisotopic (exact) mass is 256 g/mol. The third-order valence-corrected chi connectivity index (χ3v) is 3.43. The molecule has 4 nitrogen and oxygen atoms in total. The number of rotatable bonds is 1. The lowest BCUT2D eigenvalue weighted by molar-refractivity contribution is 0.133. The standard InChI is InChI=1S/C15H16N2O2/c1-17-6-7-19-10-13-8-11(2-3-14(13)17)12-4-5-16-15(18)9-12/h2-5,8-9H,6-7,10H2,1H3,(H,16,18). The predicted octanol–water partition coefficient (Wildman–Crippen LogP) is 2.01. The van der Waals surface area contributed by atoms with E-state index in [4.69, 9.17) is 4.74 Å². The summed E-state index contributed by atoms with van der Waals surface area (Å²) in [6.07, 6.45) is 1.67. The van der Waals surface area contributed by atoms with Crippen LogP contribution in [-0.2, 0) is 11.3 Å². The van der Waals surface area contributed by atoms with Crippen LogP contribution in [0.1, 0.15) is 5.56 Å². The Bertz CT molecular complexity index is 649. The maximum atomic E-state index is 11.4. The molecule has 0 saturated carbocycles. The number of aromatic amines is 1. The second-order valence-corrected chi connectivity index (χ2v) is 4.76. The number of pyridine rings is 1. The molecule has 0 saturated heterocycles. The zero-order valence-corrected chi connectivity index (χ0v) is 10.8. The molecule has 1 aromatic carbocycles. The van der Waals surface area contributed by atoms with E-state index in [0.29, 0.717) is 6.61 Å².